The molecule has 0 unspecified atom stereocenters. The number of anilines is 1. The molecule has 1 saturated heterocycles. The summed E-state index contributed by atoms with van der Waals surface area (Å²) in [5, 5.41) is 14.2. The molecule has 1 fully saturated rings. The monoisotopic (exact) mass is 509 g/mol. The molecule has 0 saturated carbocycles. The predicted molar refractivity (Wildman–Crippen MR) is 136 cm³/mol. The molecule has 0 aromatic heterocycles. The fourth-order valence-electron chi connectivity index (χ4n) is 3.81. The topological polar surface area (TPSA) is 144 Å². The number of allylic oxidation sites excluding steroid dienone is 1. The SMILES string of the molecule is CS(=O)(=O)O[N+]1(c2ccc(NC3=NC(c4ccc(C(=O)NCC#N)cc4)=CC=[N+]3)cc2)CCOCC1. The summed E-state index contributed by atoms with van der Waals surface area (Å²) in [6, 6.07) is 16.0. The number of carbonyl (C=O) groups excluding carboxylic acids is 1. The van der Waals surface area contributed by atoms with Crippen LogP contribution in [0.5, 0.6) is 0 Å². The number of nitrogens with zero attached hydrogens (tertiary/aromatic N) is 4. The second-order valence-electron chi connectivity index (χ2n) is 8.08. The van der Waals surface area contributed by atoms with Crippen LogP contribution in [0.25, 0.3) is 5.70 Å². The van der Waals surface area contributed by atoms with E-state index in [9.17, 15) is 13.2 Å². The van der Waals surface area contributed by atoms with Gasteiger partial charge in [-0.2, -0.15) is 13.7 Å². The average Bonchev–Trinajstić information content (AvgIpc) is 2.87. The van der Waals surface area contributed by atoms with E-state index >= 15 is 0 Å². The highest BCUT2D eigenvalue weighted by Crippen LogP contribution is 2.29. The number of hydrogen-bond donors (Lipinski definition) is 2. The maximum atomic E-state index is 12.0. The van der Waals surface area contributed by atoms with E-state index < -0.39 is 10.1 Å². The average molecular weight is 510 g/mol. The van der Waals surface area contributed by atoms with E-state index in [1.165, 1.54) is 0 Å². The fraction of sp³-hybridized carbons (Fsp3) is 0.250. The highest BCUT2D eigenvalue weighted by molar-refractivity contribution is 7.85. The van der Waals surface area contributed by atoms with Crippen LogP contribution in [0.1, 0.15) is 15.9 Å². The Kier molecular flexibility index (Phi) is 7.56. The molecule has 36 heavy (non-hydrogen) atoms. The lowest BCUT2D eigenvalue weighted by atomic mass is 10.1. The van der Waals surface area contributed by atoms with Gasteiger partial charge in [-0.25, -0.2) is 5.32 Å². The van der Waals surface area contributed by atoms with Crippen LogP contribution in [0.15, 0.2) is 59.6 Å². The Morgan fingerprint density at radius 2 is 1.86 bits per heavy atom. The smallest absolute Gasteiger partial charge is 0.369 e. The Balaban J connectivity index is 1.47. The van der Waals surface area contributed by atoms with Crippen LogP contribution in [-0.2, 0) is 19.1 Å². The summed E-state index contributed by atoms with van der Waals surface area (Å²) in [5.74, 6) is 0.0541. The number of benzene rings is 2. The van der Waals surface area contributed by atoms with Gasteiger partial charge < -0.3 is 10.1 Å². The summed E-state index contributed by atoms with van der Waals surface area (Å²) >= 11 is 0. The molecule has 0 bridgehead atoms. The molecule has 185 valence electrons. The van der Waals surface area contributed by atoms with Gasteiger partial charge in [-0.15, -0.1) is 4.65 Å². The van der Waals surface area contributed by atoms with Gasteiger partial charge in [0, 0.05) is 29.3 Å². The molecule has 2 aliphatic rings. The maximum absolute atomic E-state index is 12.0. The third-order valence-electron chi connectivity index (χ3n) is 5.49. The number of nitriles is 1. The lowest BCUT2D eigenvalue weighted by Crippen LogP contribution is -2.57. The van der Waals surface area contributed by atoms with Gasteiger partial charge in [0.05, 0.1) is 31.2 Å². The summed E-state index contributed by atoms with van der Waals surface area (Å²) < 4.78 is 34.5. The summed E-state index contributed by atoms with van der Waals surface area (Å²) in [4.78, 5) is 20.8. The van der Waals surface area contributed by atoms with Crippen molar-refractivity contribution in [1.82, 2.24) is 15.0 Å². The minimum atomic E-state index is -3.69. The lowest BCUT2D eigenvalue weighted by Gasteiger charge is -2.35. The van der Waals surface area contributed by atoms with Crippen LogP contribution in [0.3, 0.4) is 0 Å². The standard InChI is InChI=1S/C24H24N6O5S/c1-36(32,33)35-30(14-16-34-17-15-30)21-8-6-20(7-9-21)28-24-27-12-10-22(29-24)18-2-4-19(5-3-18)23(31)26-13-11-25/h2-10,12H,13-17H2,1H3,(H-,26,28,29,31)/q+1/p+1. The zero-order chi connectivity index (χ0) is 25.6. The Morgan fingerprint density at radius 3 is 2.50 bits per heavy atom. The Labute approximate surface area is 209 Å². The van der Waals surface area contributed by atoms with E-state index in [2.05, 4.69) is 20.6 Å². The Bertz CT molecular complexity index is 1350. The van der Waals surface area contributed by atoms with E-state index in [1.807, 2.05) is 6.07 Å². The quantitative estimate of drug-likeness (QED) is 0.424. The molecule has 2 aromatic rings. The third-order valence-corrected chi connectivity index (χ3v) is 6.05. The van der Waals surface area contributed by atoms with E-state index in [0.29, 0.717) is 54.9 Å². The molecule has 2 N–H and O–H groups in total. The van der Waals surface area contributed by atoms with Crippen LogP contribution in [-0.4, -0.2) is 65.6 Å². The lowest BCUT2D eigenvalue weighted by molar-refractivity contribution is -0.104. The molecule has 1 radical (unpaired) electrons. The highest BCUT2D eigenvalue weighted by Gasteiger charge is 2.39. The normalized spacial score (nSPS) is 16.9. The molecule has 2 aliphatic heterocycles. The second kappa shape index (κ2) is 10.8. The molecule has 4 rings (SSSR count). The number of rotatable bonds is 7. The van der Waals surface area contributed by atoms with Gasteiger partial charge in [-0.1, -0.05) is 26.4 Å². The first-order chi connectivity index (χ1) is 17.3. The largest absolute Gasteiger partial charge is 0.431 e. The number of hydrogen-bond acceptors (Lipinski definition) is 9. The zero-order valence-corrected chi connectivity index (χ0v) is 20.4. The first kappa shape index (κ1) is 25.2. The van der Waals surface area contributed by atoms with Crippen LogP contribution in [0, 0.1) is 11.3 Å². The number of hydroxylamine groups is 2. The molecule has 12 heteroatoms. The summed E-state index contributed by atoms with van der Waals surface area (Å²) in [7, 11) is -3.69. The number of aliphatic imine (C=N–C) groups is 2. The Morgan fingerprint density at radius 1 is 1.17 bits per heavy atom. The Hall–Kier alpha value is -3.89. The summed E-state index contributed by atoms with van der Waals surface area (Å²) in [6.07, 6.45) is 4.42. The molecule has 11 nitrogen and oxygen atoms in total. The van der Waals surface area contributed by atoms with E-state index in [1.54, 1.807) is 60.8 Å². The minimum absolute atomic E-state index is 0.0539. The highest BCUT2D eigenvalue weighted by atomic mass is 32.2. The predicted octanol–water partition coefficient (Wildman–Crippen LogP) is 1.40. The number of amides is 1. The van der Waals surface area contributed by atoms with Crippen LogP contribution >= 0.6 is 0 Å². The van der Waals surface area contributed by atoms with Crippen molar-refractivity contribution < 1.29 is 22.2 Å². The molecule has 0 atom stereocenters. The van der Waals surface area contributed by atoms with Crippen molar-refractivity contribution in [3.8, 4) is 6.07 Å². The molecule has 0 aliphatic carbocycles. The van der Waals surface area contributed by atoms with Crippen LogP contribution in [0.4, 0.5) is 11.4 Å². The van der Waals surface area contributed by atoms with E-state index in [-0.39, 0.29) is 17.1 Å². The van der Waals surface area contributed by atoms with Crippen molar-refractivity contribution in [2.45, 2.75) is 0 Å². The number of quaternary nitrogens is 1. The fourth-order valence-corrected chi connectivity index (χ4v) is 4.57. The van der Waals surface area contributed by atoms with Crippen molar-refractivity contribution in [2.24, 2.45) is 4.99 Å². The van der Waals surface area contributed by atoms with Gasteiger partial charge in [0.2, 0.25) is 0 Å². The van der Waals surface area contributed by atoms with Gasteiger partial charge in [-0.3, -0.25) is 4.79 Å². The molecule has 0 spiro atoms. The molecule has 2 heterocycles. The van der Waals surface area contributed by atoms with Crippen molar-refractivity contribution in [3.05, 3.63) is 65.7 Å². The van der Waals surface area contributed by atoms with Gasteiger partial charge >= 0.3 is 16.1 Å². The van der Waals surface area contributed by atoms with Crippen LogP contribution < -0.4 is 20.3 Å². The summed E-state index contributed by atoms with van der Waals surface area (Å²) in [5.41, 5.74) is 3.31. The second-order valence-corrected chi connectivity index (χ2v) is 9.64. The van der Waals surface area contributed by atoms with Crippen molar-refractivity contribution in [3.63, 3.8) is 0 Å². The first-order valence-corrected chi connectivity index (χ1v) is 12.9. The third kappa shape index (κ3) is 6.21. The number of guanidine groups is 1. The van der Waals surface area contributed by atoms with Gasteiger partial charge in [0.25, 0.3) is 5.91 Å². The van der Waals surface area contributed by atoms with E-state index in [4.69, 9.17) is 14.3 Å². The van der Waals surface area contributed by atoms with Gasteiger partial charge in [0.15, 0.2) is 11.4 Å². The van der Waals surface area contributed by atoms with E-state index in [0.717, 1.165) is 11.8 Å². The van der Waals surface area contributed by atoms with Crippen molar-refractivity contribution in [2.75, 3.05) is 44.4 Å². The molecular formula is C24H25N6O5S+2. The molecule has 1 amide bonds. The minimum Gasteiger partial charge on any atom is -0.369 e. The number of nitrogens with one attached hydrogen (secondary N) is 2. The van der Waals surface area contributed by atoms with Gasteiger partial charge in [-0.05, 0) is 24.3 Å². The molecule has 2 aromatic carbocycles. The molecular weight excluding hydrogens is 484 g/mol. The van der Waals surface area contributed by atoms with Crippen molar-refractivity contribution >= 4 is 45.3 Å². The summed E-state index contributed by atoms with van der Waals surface area (Å²) in [6.45, 7) is 1.48. The number of morpholine rings is 1. The van der Waals surface area contributed by atoms with Crippen molar-refractivity contribution in [1.29, 1.82) is 5.26 Å². The zero-order valence-electron chi connectivity index (χ0n) is 19.5. The van der Waals surface area contributed by atoms with Crippen LogP contribution in [0.2, 0.25) is 0 Å². The number of carbonyl (C=O) groups is 1. The number of ether oxygens (including phenoxy) is 1. The van der Waals surface area contributed by atoms with Gasteiger partial charge in [0.1, 0.15) is 25.8 Å². The maximum Gasteiger partial charge on any atom is 0.431 e. The first-order valence-electron chi connectivity index (χ1n) is 11.1.